The van der Waals surface area contributed by atoms with Crippen LogP contribution in [0.2, 0.25) is 0 Å². The number of methoxy groups -OCH3 is 2. The fourth-order valence-electron chi connectivity index (χ4n) is 2.47. The number of carbonyl (C=O) groups is 2. The van der Waals surface area contributed by atoms with Crippen LogP contribution in [0.25, 0.3) is 0 Å². The average molecular weight is 320 g/mol. The Labute approximate surface area is 134 Å². The molecule has 2 rings (SSSR count). The monoisotopic (exact) mass is 320 g/mol. The van der Waals surface area contributed by atoms with Crippen molar-refractivity contribution < 1.29 is 23.8 Å². The molecule has 0 bridgehead atoms. The summed E-state index contributed by atoms with van der Waals surface area (Å²) < 4.78 is 15.6. The molecule has 0 unspecified atom stereocenters. The highest BCUT2D eigenvalue weighted by molar-refractivity contribution is 5.94. The molecule has 7 heteroatoms. The minimum Gasteiger partial charge on any atom is -0.493 e. The second kappa shape index (κ2) is 7.04. The SMILES string of the molecule is CCOc1cc([C@@H]2NC(=O)NC(C)=C2C(=O)OC)ccc1OC. The second-order valence-corrected chi connectivity index (χ2v) is 4.91. The second-order valence-electron chi connectivity index (χ2n) is 4.91. The van der Waals surface area contributed by atoms with Crippen LogP contribution in [0.4, 0.5) is 4.79 Å². The van der Waals surface area contributed by atoms with Crippen LogP contribution >= 0.6 is 0 Å². The lowest BCUT2D eigenvalue weighted by atomic mass is 9.95. The van der Waals surface area contributed by atoms with E-state index in [1.165, 1.54) is 7.11 Å². The van der Waals surface area contributed by atoms with Gasteiger partial charge in [0.1, 0.15) is 0 Å². The third kappa shape index (κ3) is 3.39. The van der Waals surface area contributed by atoms with Crippen molar-refractivity contribution in [3.05, 3.63) is 35.0 Å². The number of nitrogens with one attached hydrogen (secondary N) is 2. The molecule has 0 radical (unpaired) electrons. The molecule has 0 aliphatic carbocycles. The Balaban J connectivity index is 2.49. The lowest BCUT2D eigenvalue weighted by Crippen LogP contribution is -2.45. The topological polar surface area (TPSA) is 85.9 Å². The van der Waals surface area contributed by atoms with Crippen LogP contribution in [-0.2, 0) is 9.53 Å². The van der Waals surface area contributed by atoms with Crippen LogP contribution < -0.4 is 20.1 Å². The van der Waals surface area contributed by atoms with Crippen molar-refractivity contribution in [2.45, 2.75) is 19.9 Å². The van der Waals surface area contributed by atoms with E-state index in [0.29, 0.717) is 34.9 Å². The predicted octanol–water partition coefficient (Wildman–Crippen LogP) is 1.89. The normalized spacial score (nSPS) is 17.2. The van der Waals surface area contributed by atoms with Gasteiger partial charge in [-0.05, 0) is 31.5 Å². The summed E-state index contributed by atoms with van der Waals surface area (Å²) in [6.45, 7) is 3.99. The van der Waals surface area contributed by atoms with Crippen molar-refractivity contribution in [3.8, 4) is 11.5 Å². The number of rotatable bonds is 5. The Morgan fingerprint density at radius 3 is 2.61 bits per heavy atom. The number of hydrogen-bond acceptors (Lipinski definition) is 5. The Morgan fingerprint density at radius 1 is 1.26 bits per heavy atom. The molecule has 23 heavy (non-hydrogen) atoms. The van der Waals surface area contributed by atoms with E-state index in [0.717, 1.165) is 0 Å². The van der Waals surface area contributed by atoms with Crippen molar-refractivity contribution in [2.24, 2.45) is 0 Å². The number of allylic oxidation sites excluding steroid dienone is 1. The molecule has 7 nitrogen and oxygen atoms in total. The number of amides is 2. The van der Waals surface area contributed by atoms with E-state index >= 15 is 0 Å². The van der Waals surface area contributed by atoms with E-state index < -0.39 is 12.0 Å². The number of carbonyl (C=O) groups excluding carboxylic acids is 2. The van der Waals surface area contributed by atoms with Crippen molar-refractivity contribution in [2.75, 3.05) is 20.8 Å². The molecule has 0 saturated heterocycles. The first kappa shape index (κ1) is 16.7. The summed E-state index contributed by atoms with van der Waals surface area (Å²) in [5, 5.41) is 5.31. The Kier molecular flexibility index (Phi) is 5.10. The third-order valence-electron chi connectivity index (χ3n) is 3.50. The molecular formula is C16H20N2O5. The summed E-state index contributed by atoms with van der Waals surface area (Å²) in [5.74, 6) is 0.618. The minimum absolute atomic E-state index is 0.347. The van der Waals surface area contributed by atoms with Gasteiger partial charge in [0.25, 0.3) is 0 Å². The Bertz CT molecular complexity index is 654. The zero-order chi connectivity index (χ0) is 17.0. The van der Waals surface area contributed by atoms with Crippen LogP contribution in [0.1, 0.15) is 25.5 Å². The van der Waals surface area contributed by atoms with Gasteiger partial charge in [-0.25, -0.2) is 9.59 Å². The number of urea groups is 1. The maximum atomic E-state index is 12.1. The standard InChI is InChI=1S/C16H20N2O5/c1-5-23-12-8-10(6-7-11(12)21-3)14-13(15(19)22-4)9(2)17-16(20)18-14/h6-8,14H,5H2,1-4H3,(H2,17,18,20)/t14-/m0/s1. The lowest BCUT2D eigenvalue weighted by molar-refractivity contribution is -0.136. The number of ether oxygens (including phenoxy) is 3. The third-order valence-corrected chi connectivity index (χ3v) is 3.50. The molecule has 1 aliphatic rings. The lowest BCUT2D eigenvalue weighted by Gasteiger charge is -2.28. The molecule has 2 amide bonds. The van der Waals surface area contributed by atoms with Crippen molar-refractivity contribution in [1.82, 2.24) is 10.6 Å². The molecule has 0 saturated carbocycles. The Hall–Kier alpha value is -2.70. The molecule has 1 heterocycles. The summed E-state index contributed by atoms with van der Waals surface area (Å²) in [5.41, 5.74) is 1.50. The molecule has 0 fully saturated rings. The van der Waals surface area contributed by atoms with Gasteiger partial charge in [-0.1, -0.05) is 6.07 Å². The van der Waals surface area contributed by atoms with E-state index in [4.69, 9.17) is 14.2 Å². The molecule has 0 aromatic heterocycles. The van der Waals surface area contributed by atoms with Gasteiger partial charge in [-0.3, -0.25) is 0 Å². The molecule has 2 N–H and O–H groups in total. The summed E-state index contributed by atoms with van der Waals surface area (Å²) in [7, 11) is 2.85. The molecule has 0 spiro atoms. The summed E-state index contributed by atoms with van der Waals surface area (Å²) in [6.07, 6.45) is 0. The highest BCUT2D eigenvalue weighted by Crippen LogP contribution is 2.34. The van der Waals surface area contributed by atoms with Crippen LogP contribution in [-0.4, -0.2) is 32.8 Å². The minimum atomic E-state index is -0.624. The first-order chi connectivity index (χ1) is 11.0. The van der Waals surface area contributed by atoms with E-state index in [2.05, 4.69) is 10.6 Å². The van der Waals surface area contributed by atoms with Crippen molar-refractivity contribution >= 4 is 12.0 Å². The maximum Gasteiger partial charge on any atom is 0.337 e. The van der Waals surface area contributed by atoms with Crippen molar-refractivity contribution in [3.63, 3.8) is 0 Å². The van der Waals surface area contributed by atoms with Gasteiger partial charge >= 0.3 is 12.0 Å². The average Bonchev–Trinajstić information content (AvgIpc) is 2.53. The first-order valence-corrected chi connectivity index (χ1v) is 7.19. The van der Waals surface area contributed by atoms with Gasteiger partial charge in [-0.15, -0.1) is 0 Å². The van der Waals surface area contributed by atoms with E-state index in [1.807, 2.05) is 6.92 Å². The first-order valence-electron chi connectivity index (χ1n) is 7.19. The molecular weight excluding hydrogens is 300 g/mol. The van der Waals surface area contributed by atoms with Gasteiger partial charge in [0, 0.05) is 5.70 Å². The van der Waals surface area contributed by atoms with Crippen LogP contribution in [0.15, 0.2) is 29.5 Å². The van der Waals surface area contributed by atoms with Crippen LogP contribution in [0.3, 0.4) is 0 Å². The fourth-order valence-corrected chi connectivity index (χ4v) is 2.47. The largest absolute Gasteiger partial charge is 0.493 e. The summed E-state index contributed by atoms with van der Waals surface area (Å²) in [4.78, 5) is 23.9. The van der Waals surface area contributed by atoms with Crippen LogP contribution in [0.5, 0.6) is 11.5 Å². The van der Waals surface area contributed by atoms with Crippen molar-refractivity contribution in [1.29, 1.82) is 0 Å². The smallest absolute Gasteiger partial charge is 0.337 e. The van der Waals surface area contributed by atoms with Gasteiger partial charge < -0.3 is 24.8 Å². The maximum absolute atomic E-state index is 12.1. The molecule has 1 aliphatic heterocycles. The number of benzene rings is 1. The molecule has 1 aromatic rings. The summed E-state index contributed by atoms with van der Waals surface area (Å²) in [6, 6.07) is 4.25. The zero-order valence-corrected chi connectivity index (χ0v) is 13.6. The predicted molar refractivity (Wildman–Crippen MR) is 83.3 cm³/mol. The number of hydrogen-bond donors (Lipinski definition) is 2. The van der Waals surface area contributed by atoms with E-state index in [9.17, 15) is 9.59 Å². The fraction of sp³-hybridized carbons (Fsp3) is 0.375. The molecule has 1 atom stereocenters. The Morgan fingerprint density at radius 2 is 2.00 bits per heavy atom. The van der Waals surface area contributed by atoms with Gasteiger partial charge in [0.05, 0.1) is 32.4 Å². The van der Waals surface area contributed by atoms with Gasteiger partial charge in [0.15, 0.2) is 11.5 Å². The van der Waals surface area contributed by atoms with Gasteiger partial charge in [-0.2, -0.15) is 0 Å². The highest BCUT2D eigenvalue weighted by Gasteiger charge is 2.32. The highest BCUT2D eigenvalue weighted by atomic mass is 16.5. The molecule has 124 valence electrons. The van der Waals surface area contributed by atoms with Gasteiger partial charge in [0.2, 0.25) is 0 Å². The number of esters is 1. The zero-order valence-electron chi connectivity index (χ0n) is 13.6. The summed E-state index contributed by atoms with van der Waals surface area (Å²) >= 11 is 0. The van der Waals surface area contributed by atoms with Crippen LogP contribution in [0, 0.1) is 0 Å². The van der Waals surface area contributed by atoms with E-state index in [1.54, 1.807) is 32.2 Å². The molecule has 1 aromatic carbocycles. The van der Waals surface area contributed by atoms with E-state index in [-0.39, 0.29) is 6.03 Å². The quantitative estimate of drug-likeness (QED) is 0.809.